The van der Waals surface area contributed by atoms with Gasteiger partial charge in [-0.15, -0.1) is 0 Å². The predicted octanol–water partition coefficient (Wildman–Crippen LogP) is 4.22. The van der Waals surface area contributed by atoms with Crippen molar-refractivity contribution in [1.29, 1.82) is 0 Å². The van der Waals surface area contributed by atoms with Gasteiger partial charge < -0.3 is 4.74 Å². The van der Waals surface area contributed by atoms with Crippen LogP contribution >= 0.6 is 34.8 Å². The fourth-order valence-corrected chi connectivity index (χ4v) is 1.51. The third-order valence-electron chi connectivity index (χ3n) is 1.51. The molecule has 0 unspecified atom stereocenters. The minimum absolute atomic E-state index is 0.257. The number of rotatable bonds is 2. The van der Waals surface area contributed by atoms with Crippen LogP contribution in [0.4, 0.5) is 10.5 Å². The molecule has 15 heavy (non-hydrogen) atoms. The van der Waals surface area contributed by atoms with E-state index in [1.165, 1.54) is 12.1 Å². The van der Waals surface area contributed by atoms with E-state index in [4.69, 9.17) is 34.8 Å². The molecule has 0 heterocycles. The molecule has 1 aromatic carbocycles. The summed E-state index contributed by atoms with van der Waals surface area (Å²) < 4.78 is 4.69. The highest BCUT2D eigenvalue weighted by atomic mass is 35.5. The number of hydrogen-bond donors (Lipinski definition) is 1. The lowest BCUT2D eigenvalue weighted by Gasteiger charge is -2.07. The number of halogens is 3. The molecule has 0 spiro atoms. The summed E-state index contributed by atoms with van der Waals surface area (Å²) in [7, 11) is 0. The highest BCUT2D eigenvalue weighted by Crippen LogP contribution is 2.33. The molecule has 0 saturated carbocycles. The van der Waals surface area contributed by atoms with Gasteiger partial charge in [-0.25, -0.2) is 4.79 Å². The first-order valence-electron chi connectivity index (χ1n) is 4.13. The van der Waals surface area contributed by atoms with Crippen molar-refractivity contribution in [2.24, 2.45) is 0 Å². The minimum Gasteiger partial charge on any atom is -0.450 e. The van der Waals surface area contributed by atoms with E-state index >= 15 is 0 Å². The van der Waals surface area contributed by atoms with E-state index in [0.717, 1.165) is 0 Å². The molecule has 1 rings (SSSR count). The highest BCUT2D eigenvalue weighted by molar-refractivity contribution is 6.48. The molecule has 1 amide bonds. The van der Waals surface area contributed by atoms with Crippen LogP contribution < -0.4 is 5.32 Å². The molecule has 1 aromatic rings. The summed E-state index contributed by atoms with van der Waals surface area (Å²) in [6, 6.07) is 2.99. The van der Waals surface area contributed by atoms with Gasteiger partial charge in [-0.1, -0.05) is 34.8 Å². The molecular formula is C9H8Cl3NO2. The standard InChI is InChI=1S/C9H8Cl3NO2/c1-2-15-9(14)13-5-3-6(10)8(12)7(11)4-5/h3-4H,2H2,1H3,(H,13,14). The number of amides is 1. The fraction of sp³-hybridized carbons (Fsp3) is 0.222. The van der Waals surface area contributed by atoms with Crippen molar-refractivity contribution in [2.45, 2.75) is 6.92 Å². The molecule has 6 heteroatoms. The second-order valence-electron chi connectivity index (χ2n) is 2.60. The Kier molecular flexibility index (Phi) is 4.51. The summed E-state index contributed by atoms with van der Waals surface area (Å²) in [6.45, 7) is 2.00. The van der Waals surface area contributed by atoms with E-state index in [2.05, 4.69) is 10.1 Å². The molecule has 0 saturated heterocycles. The maximum atomic E-state index is 11.1. The minimum atomic E-state index is -0.563. The molecule has 0 fully saturated rings. The molecule has 0 aliphatic heterocycles. The maximum absolute atomic E-state index is 11.1. The van der Waals surface area contributed by atoms with Crippen molar-refractivity contribution in [2.75, 3.05) is 11.9 Å². The number of carbonyl (C=O) groups excluding carboxylic acids is 1. The van der Waals surface area contributed by atoms with Crippen LogP contribution in [0.5, 0.6) is 0 Å². The van der Waals surface area contributed by atoms with Crippen LogP contribution in [0.3, 0.4) is 0 Å². The van der Waals surface area contributed by atoms with E-state index in [9.17, 15) is 4.79 Å². The van der Waals surface area contributed by atoms with Gasteiger partial charge in [0, 0.05) is 5.69 Å². The van der Waals surface area contributed by atoms with Gasteiger partial charge >= 0.3 is 6.09 Å². The number of anilines is 1. The van der Waals surface area contributed by atoms with Crippen molar-refractivity contribution >= 4 is 46.6 Å². The van der Waals surface area contributed by atoms with E-state index in [0.29, 0.717) is 12.3 Å². The van der Waals surface area contributed by atoms with Crippen LogP contribution in [-0.2, 0) is 4.74 Å². The summed E-state index contributed by atoms with van der Waals surface area (Å²) in [4.78, 5) is 11.1. The van der Waals surface area contributed by atoms with Gasteiger partial charge in [0.05, 0.1) is 21.7 Å². The molecular weight excluding hydrogens is 260 g/mol. The van der Waals surface area contributed by atoms with Gasteiger partial charge in [0.1, 0.15) is 0 Å². The lowest BCUT2D eigenvalue weighted by molar-refractivity contribution is 0.168. The summed E-state index contributed by atoms with van der Waals surface area (Å²) in [6.07, 6.45) is -0.563. The summed E-state index contributed by atoms with van der Waals surface area (Å²) in [5.41, 5.74) is 0.438. The van der Waals surface area contributed by atoms with Crippen molar-refractivity contribution in [1.82, 2.24) is 0 Å². The molecule has 0 atom stereocenters. The molecule has 0 aliphatic carbocycles. The number of carbonyl (C=O) groups is 1. The fourth-order valence-electron chi connectivity index (χ4n) is 0.913. The topological polar surface area (TPSA) is 38.3 Å². The van der Waals surface area contributed by atoms with Crippen molar-refractivity contribution in [3.8, 4) is 0 Å². The normalized spacial score (nSPS) is 9.87. The van der Waals surface area contributed by atoms with Gasteiger partial charge in [-0.05, 0) is 19.1 Å². The zero-order chi connectivity index (χ0) is 11.4. The second kappa shape index (κ2) is 5.45. The molecule has 0 radical (unpaired) electrons. The first kappa shape index (κ1) is 12.4. The number of hydrogen-bond acceptors (Lipinski definition) is 2. The smallest absolute Gasteiger partial charge is 0.411 e. The largest absolute Gasteiger partial charge is 0.450 e. The summed E-state index contributed by atoms with van der Waals surface area (Å²) in [5.74, 6) is 0. The zero-order valence-corrected chi connectivity index (χ0v) is 10.1. The Bertz CT molecular complexity index is 359. The quantitative estimate of drug-likeness (QED) is 0.816. The van der Waals surface area contributed by atoms with Crippen molar-refractivity contribution in [3.63, 3.8) is 0 Å². The zero-order valence-electron chi connectivity index (χ0n) is 7.81. The first-order chi connectivity index (χ1) is 7.04. The molecule has 0 bridgehead atoms. The average Bonchev–Trinajstić information content (AvgIpc) is 2.14. The van der Waals surface area contributed by atoms with Crippen molar-refractivity contribution in [3.05, 3.63) is 27.2 Å². The first-order valence-corrected chi connectivity index (χ1v) is 5.26. The van der Waals surface area contributed by atoms with Crippen LogP contribution in [-0.4, -0.2) is 12.7 Å². The van der Waals surface area contributed by atoms with Crippen LogP contribution in [0.25, 0.3) is 0 Å². The Morgan fingerprint density at radius 3 is 2.33 bits per heavy atom. The predicted molar refractivity (Wildman–Crippen MR) is 62.1 cm³/mol. The molecule has 1 N–H and O–H groups in total. The van der Waals surface area contributed by atoms with Gasteiger partial charge in [0.2, 0.25) is 0 Å². The Hall–Kier alpha value is -0.640. The van der Waals surface area contributed by atoms with Gasteiger partial charge in [-0.2, -0.15) is 0 Å². The van der Waals surface area contributed by atoms with E-state index in [-0.39, 0.29) is 15.1 Å². The van der Waals surface area contributed by atoms with Crippen LogP contribution in [0.15, 0.2) is 12.1 Å². The number of ether oxygens (including phenoxy) is 1. The average molecular weight is 269 g/mol. The molecule has 3 nitrogen and oxygen atoms in total. The highest BCUT2D eigenvalue weighted by Gasteiger charge is 2.08. The van der Waals surface area contributed by atoms with E-state index in [1.807, 2.05) is 0 Å². The van der Waals surface area contributed by atoms with Gasteiger partial charge in [0.15, 0.2) is 0 Å². The van der Waals surface area contributed by atoms with Crippen LogP contribution in [0, 0.1) is 0 Å². The summed E-state index contributed by atoms with van der Waals surface area (Å²) >= 11 is 17.3. The Labute approximate surface area is 102 Å². The number of nitrogens with one attached hydrogen (secondary N) is 1. The third kappa shape index (κ3) is 3.45. The van der Waals surface area contributed by atoms with E-state index < -0.39 is 6.09 Å². The van der Waals surface area contributed by atoms with Crippen molar-refractivity contribution < 1.29 is 9.53 Å². The van der Waals surface area contributed by atoms with Gasteiger partial charge in [0.25, 0.3) is 0 Å². The molecule has 0 aliphatic rings. The van der Waals surface area contributed by atoms with Crippen LogP contribution in [0.2, 0.25) is 15.1 Å². The number of benzene rings is 1. The van der Waals surface area contributed by atoms with Gasteiger partial charge in [-0.3, -0.25) is 5.32 Å². The van der Waals surface area contributed by atoms with Crippen LogP contribution in [0.1, 0.15) is 6.92 Å². The Balaban J connectivity index is 2.83. The molecule has 82 valence electrons. The monoisotopic (exact) mass is 267 g/mol. The third-order valence-corrected chi connectivity index (χ3v) is 2.70. The SMILES string of the molecule is CCOC(=O)Nc1cc(Cl)c(Cl)c(Cl)c1. The summed E-state index contributed by atoms with van der Waals surface area (Å²) in [5, 5.41) is 3.27. The van der Waals surface area contributed by atoms with E-state index in [1.54, 1.807) is 6.92 Å². The molecule has 0 aromatic heterocycles. The Morgan fingerprint density at radius 2 is 1.87 bits per heavy atom. The Morgan fingerprint density at radius 1 is 1.33 bits per heavy atom. The lowest BCUT2D eigenvalue weighted by atomic mass is 10.3. The lowest BCUT2D eigenvalue weighted by Crippen LogP contribution is -2.13. The maximum Gasteiger partial charge on any atom is 0.411 e. The second-order valence-corrected chi connectivity index (χ2v) is 3.79.